The van der Waals surface area contributed by atoms with E-state index in [1.165, 1.54) is 11.3 Å². The summed E-state index contributed by atoms with van der Waals surface area (Å²) in [6.07, 6.45) is 1.95. The Morgan fingerprint density at radius 2 is 1.80 bits per heavy atom. The van der Waals surface area contributed by atoms with Crippen LogP contribution in [0, 0.1) is 13.8 Å². The molecule has 1 N–H and O–H groups in total. The van der Waals surface area contributed by atoms with Crippen molar-refractivity contribution in [3.63, 3.8) is 0 Å². The van der Waals surface area contributed by atoms with Gasteiger partial charge in [-0.1, -0.05) is 30.3 Å². The van der Waals surface area contributed by atoms with E-state index in [1.807, 2.05) is 6.33 Å². The van der Waals surface area contributed by atoms with Gasteiger partial charge in [0.2, 0.25) is 0 Å². The minimum absolute atomic E-state index is 0.108. The van der Waals surface area contributed by atoms with Gasteiger partial charge in [-0.2, -0.15) is 0 Å². The highest BCUT2D eigenvalue weighted by molar-refractivity contribution is 5.23. The first-order chi connectivity index (χ1) is 9.38. The van der Waals surface area contributed by atoms with Crippen molar-refractivity contribution >= 4 is 0 Å². The lowest BCUT2D eigenvalue weighted by Crippen LogP contribution is -2.40. The van der Waals surface area contributed by atoms with Gasteiger partial charge < -0.3 is 9.88 Å². The average Bonchev–Trinajstić information content (AvgIpc) is 2.71. The lowest BCUT2D eigenvalue weighted by Gasteiger charge is -2.27. The number of aryl methyl sites for hydroxylation is 1. The van der Waals surface area contributed by atoms with Gasteiger partial charge in [-0.15, -0.1) is 0 Å². The number of benzene rings is 1. The average molecular weight is 271 g/mol. The van der Waals surface area contributed by atoms with Gasteiger partial charge in [0.05, 0.1) is 18.1 Å². The second-order valence-electron chi connectivity index (χ2n) is 6.38. The molecule has 0 amide bonds. The number of hydrogen-bond donors (Lipinski definition) is 1. The largest absolute Gasteiger partial charge is 0.326 e. The summed E-state index contributed by atoms with van der Waals surface area (Å²) in [4.78, 5) is 4.44. The number of aromatic nitrogens is 2. The van der Waals surface area contributed by atoms with Gasteiger partial charge in [0, 0.05) is 17.8 Å². The molecule has 0 fully saturated rings. The first-order valence-electron chi connectivity index (χ1n) is 7.18. The molecule has 1 heterocycles. The van der Waals surface area contributed by atoms with Gasteiger partial charge in [-0.3, -0.25) is 0 Å². The lowest BCUT2D eigenvalue weighted by molar-refractivity contribution is 0.387. The number of hydrogen-bond acceptors (Lipinski definition) is 2. The maximum Gasteiger partial charge on any atom is 0.0957 e. The zero-order valence-electron chi connectivity index (χ0n) is 13.1. The third-order valence-electron chi connectivity index (χ3n) is 3.63. The second kappa shape index (κ2) is 5.80. The molecule has 0 saturated carbocycles. The highest BCUT2D eigenvalue weighted by Crippen LogP contribution is 2.21. The summed E-state index contributed by atoms with van der Waals surface area (Å²) in [5.74, 6) is 0. The lowest BCUT2D eigenvalue weighted by atomic mass is 10.0. The maximum absolute atomic E-state index is 4.44. The fraction of sp³-hybridized carbons (Fsp3) is 0.471. The van der Waals surface area contributed by atoms with E-state index in [1.54, 1.807) is 0 Å². The third kappa shape index (κ3) is 3.48. The van der Waals surface area contributed by atoms with Crippen LogP contribution in [0.1, 0.15) is 43.8 Å². The van der Waals surface area contributed by atoms with Crippen LogP contribution in [0.25, 0.3) is 0 Å². The Bertz CT molecular complexity index is 549. The van der Waals surface area contributed by atoms with Crippen LogP contribution < -0.4 is 5.32 Å². The molecule has 2 aromatic rings. The standard InChI is InChI=1S/C17H25N3/c1-13-14(2)20(12-18-13)16(11-19-17(3,4)5)15-9-7-6-8-10-15/h6-10,12,16,19H,11H2,1-5H3. The van der Waals surface area contributed by atoms with E-state index in [0.29, 0.717) is 0 Å². The van der Waals surface area contributed by atoms with Crippen LogP contribution in [-0.2, 0) is 0 Å². The Balaban J connectivity index is 2.32. The van der Waals surface area contributed by atoms with E-state index in [9.17, 15) is 0 Å². The van der Waals surface area contributed by atoms with Crippen LogP contribution in [0.5, 0.6) is 0 Å². The van der Waals surface area contributed by atoms with E-state index in [0.717, 1.165) is 12.2 Å². The molecular formula is C17H25N3. The van der Waals surface area contributed by atoms with Crippen molar-refractivity contribution in [2.75, 3.05) is 6.54 Å². The van der Waals surface area contributed by atoms with Gasteiger partial charge in [-0.05, 0) is 40.2 Å². The fourth-order valence-corrected chi connectivity index (χ4v) is 2.28. The number of nitrogens with one attached hydrogen (secondary N) is 1. The molecule has 0 bridgehead atoms. The number of imidazole rings is 1. The molecule has 0 aliphatic heterocycles. The Morgan fingerprint density at radius 1 is 1.15 bits per heavy atom. The molecule has 0 saturated heterocycles. The van der Waals surface area contributed by atoms with Crippen LogP contribution in [0.2, 0.25) is 0 Å². The van der Waals surface area contributed by atoms with Crippen molar-refractivity contribution in [3.05, 3.63) is 53.6 Å². The summed E-state index contributed by atoms with van der Waals surface area (Å²) in [6, 6.07) is 10.9. The molecule has 108 valence electrons. The Labute approximate surface area is 122 Å². The normalized spacial score (nSPS) is 13.4. The molecule has 1 aromatic heterocycles. The molecule has 1 unspecified atom stereocenters. The van der Waals surface area contributed by atoms with Crippen molar-refractivity contribution in [3.8, 4) is 0 Å². The Hall–Kier alpha value is -1.61. The van der Waals surface area contributed by atoms with Gasteiger partial charge in [0.1, 0.15) is 0 Å². The van der Waals surface area contributed by atoms with Crippen LogP contribution in [0.3, 0.4) is 0 Å². The third-order valence-corrected chi connectivity index (χ3v) is 3.63. The van der Waals surface area contributed by atoms with E-state index >= 15 is 0 Å². The van der Waals surface area contributed by atoms with E-state index < -0.39 is 0 Å². The van der Waals surface area contributed by atoms with E-state index in [4.69, 9.17) is 0 Å². The smallest absolute Gasteiger partial charge is 0.0957 e. The molecule has 0 aliphatic carbocycles. The summed E-state index contributed by atoms with van der Waals surface area (Å²) in [5.41, 5.74) is 3.75. The van der Waals surface area contributed by atoms with Crippen LogP contribution in [0.15, 0.2) is 36.7 Å². The van der Waals surface area contributed by atoms with Gasteiger partial charge in [-0.25, -0.2) is 4.98 Å². The molecule has 2 rings (SSSR count). The molecule has 3 heteroatoms. The minimum Gasteiger partial charge on any atom is -0.326 e. The highest BCUT2D eigenvalue weighted by Gasteiger charge is 2.19. The van der Waals surface area contributed by atoms with Crippen molar-refractivity contribution < 1.29 is 0 Å². The SMILES string of the molecule is Cc1ncn(C(CNC(C)(C)C)c2ccccc2)c1C. The molecule has 0 radical (unpaired) electrons. The van der Waals surface area contributed by atoms with Crippen LogP contribution in [-0.4, -0.2) is 21.6 Å². The fourth-order valence-electron chi connectivity index (χ4n) is 2.28. The first-order valence-corrected chi connectivity index (χ1v) is 7.18. The molecule has 0 aliphatic rings. The predicted molar refractivity (Wildman–Crippen MR) is 84.0 cm³/mol. The van der Waals surface area contributed by atoms with E-state index in [2.05, 4.69) is 79.8 Å². The van der Waals surface area contributed by atoms with Gasteiger partial charge >= 0.3 is 0 Å². The number of nitrogens with zero attached hydrogens (tertiary/aromatic N) is 2. The van der Waals surface area contributed by atoms with Crippen molar-refractivity contribution in [1.29, 1.82) is 0 Å². The van der Waals surface area contributed by atoms with Gasteiger partial charge in [0.15, 0.2) is 0 Å². The summed E-state index contributed by atoms with van der Waals surface area (Å²) < 4.78 is 2.27. The first kappa shape index (κ1) is 14.8. The zero-order valence-corrected chi connectivity index (χ0v) is 13.1. The summed E-state index contributed by atoms with van der Waals surface area (Å²) in [7, 11) is 0. The predicted octanol–water partition coefficient (Wildman–Crippen LogP) is 3.48. The maximum atomic E-state index is 4.44. The zero-order chi connectivity index (χ0) is 14.8. The molecule has 0 spiro atoms. The number of rotatable bonds is 4. The van der Waals surface area contributed by atoms with Gasteiger partial charge in [0.25, 0.3) is 0 Å². The Kier molecular flexibility index (Phi) is 4.29. The summed E-state index contributed by atoms with van der Waals surface area (Å²) >= 11 is 0. The quantitative estimate of drug-likeness (QED) is 0.922. The monoisotopic (exact) mass is 271 g/mol. The molecule has 3 nitrogen and oxygen atoms in total. The highest BCUT2D eigenvalue weighted by atomic mass is 15.1. The van der Waals surface area contributed by atoms with Crippen molar-refractivity contribution in [2.45, 2.75) is 46.2 Å². The van der Waals surface area contributed by atoms with E-state index in [-0.39, 0.29) is 11.6 Å². The molecule has 20 heavy (non-hydrogen) atoms. The summed E-state index contributed by atoms with van der Waals surface area (Å²) in [5, 5.41) is 3.61. The topological polar surface area (TPSA) is 29.9 Å². The van der Waals surface area contributed by atoms with Crippen LogP contribution in [0.4, 0.5) is 0 Å². The van der Waals surface area contributed by atoms with Crippen molar-refractivity contribution in [2.24, 2.45) is 0 Å². The van der Waals surface area contributed by atoms with Crippen LogP contribution >= 0.6 is 0 Å². The van der Waals surface area contributed by atoms with Crippen molar-refractivity contribution in [1.82, 2.24) is 14.9 Å². The Morgan fingerprint density at radius 3 is 2.30 bits per heavy atom. The minimum atomic E-state index is 0.108. The summed E-state index contributed by atoms with van der Waals surface area (Å²) in [6.45, 7) is 11.7. The molecular weight excluding hydrogens is 246 g/mol. The molecule has 1 atom stereocenters. The second-order valence-corrected chi connectivity index (χ2v) is 6.38. The molecule has 1 aromatic carbocycles.